The van der Waals surface area contributed by atoms with E-state index in [1.165, 1.54) is 13.8 Å². The Hall–Kier alpha value is -6.11. The predicted octanol–water partition coefficient (Wildman–Crippen LogP) is 6.20. The summed E-state index contributed by atoms with van der Waals surface area (Å²) in [4.78, 5) is 64.1. The smallest absolute Gasteiger partial charge is 0.259 e. The molecule has 5 aromatic rings. The van der Waals surface area contributed by atoms with Gasteiger partial charge in [-0.25, -0.2) is 4.98 Å². The molecule has 12 nitrogen and oxygen atoms in total. The molecule has 5 N–H and O–H groups in total. The second-order valence-corrected chi connectivity index (χ2v) is 15.3. The molecule has 0 aliphatic carbocycles. The van der Waals surface area contributed by atoms with Gasteiger partial charge in [-0.1, -0.05) is 84.9 Å². The molecule has 12 heteroatoms. The molecule has 2 aliphatic heterocycles. The number of carbonyl (C=O) groups excluding carboxylic acids is 4. The number of rotatable bonds is 12. The number of amides is 4. The lowest BCUT2D eigenvalue weighted by atomic mass is 9.94. The van der Waals surface area contributed by atoms with Crippen molar-refractivity contribution in [3.05, 3.63) is 127 Å². The molecule has 294 valence electrons. The highest BCUT2D eigenvalue weighted by Gasteiger charge is 2.42. The number of H-pyrrole nitrogens is 1. The van der Waals surface area contributed by atoms with Crippen LogP contribution in [-0.2, 0) is 30.4 Å². The zero-order valence-electron chi connectivity index (χ0n) is 32.2. The van der Waals surface area contributed by atoms with Crippen LogP contribution in [0.2, 0.25) is 0 Å². The summed E-state index contributed by atoms with van der Waals surface area (Å²) in [5.41, 5.74) is 2.08. The summed E-state index contributed by atoms with van der Waals surface area (Å²) < 4.78 is 0. The summed E-state index contributed by atoms with van der Waals surface area (Å²) in [5, 5.41) is 28.1. The van der Waals surface area contributed by atoms with Crippen LogP contribution in [0, 0.1) is 0 Å². The number of anilines is 2. The van der Waals surface area contributed by atoms with Gasteiger partial charge in [-0.3, -0.25) is 19.2 Å². The van der Waals surface area contributed by atoms with Crippen LogP contribution < -0.4 is 10.6 Å². The van der Waals surface area contributed by atoms with Crippen molar-refractivity contribution in [2.24, 2.45) is 0 Å². The molecular formula is C45H48N6O6. The highest BCUT2D eigenvalue weighted by molar-refractivity contribution is 5.94. The molecular weight excluding hydrogens is 721 g/mol. The van der Waals surface area contributed by atoms with Crippen LogP contribution in [0.3, 0.4) is 0 Å². The Bertz CT molecular complexity index is 2050. The number of aromatic amines is 1. The minimum Gasteiger partial charge on any atom is -0.376 e. The van der Waals surface area contributed by atoms with Crippen LogP contribution in [0.25, 0.3) is 22.5 Å². The van der Waals surface area contributed by atoms with E-state index in [-0.39, 0.29) is 36.7 Å². The van der Waals surface area contributed by atoms with Crippen molar-refractivity contribution in [1.29, 1.82) is 0 Å². The molecule has 2 aliphatic rings. The van der Waals surface area contributed by atoms with E-state index in [1.807, 2.05) is 60.7 Å². The second kappa shape index (κ2) is 16.5. The molecule has 3 heterocycles. The summed E-state index contributed by atoms with van der Waals surface area (Å²) in [6.45, 7) is 3.98. The predicted molar refractivity (Wildman–Crippen MR) is 217 cm³/mol. The van der Waals surface area contributed by atoms with Gasteiger partial charge in [-0.05, 0) is 74.9 Å². The Morgan fingerprint density at radius 2 is 1.07 bits per heavy atom. The van der Waals surface area contributed by atoms with E-state index >= 15 is 0 Å². The van der Waals surface area contributed by atoms with Gasteiger partial charge < -0.3 is 35.6 Å². The van der Waals surface area contributed by atoms with E-state index in [2.05, 4.69) is 20.6 Å². The molecule has 1 aromatic heterocycles. The van der Waals surface area contributed by atoms with Crippen molar-refractivity contribution in [3.8, 4) is 22.5 Å². The molecule has 2 fully saturated rings. The van der Waals surface area contributed by atoms with Gasteiger partial charge in [0.05, 0.1) is 17.7 Å². The van der Waals surface area contributed by atoms with Crippen molar-refractivity contribution in [3.63, 3.8) is 0 Å². The van der Waals surface area contributed by atoms with E-state index in [0.717, 1.165) is 29.7 Å². The largest absolute Gasteiger partial charge is 0.376 e. The molecule has 4 amide bonds. The highest BCUT2D eigenvalue weighted by Crippen LogP contribution is 2.33. The lowest BCUT2D eigenvalue weighted by Crippen LogP contribution is -2.48. The minimum atomic E-state index is -1.69. The number of hydrogen-bond acceptors (Lipinski definition) is 7. The van der Waals surface area contributed by atoms with Gasteiger partial charge in [0.25, 0.3) is 11.8 Å². The maximum Gasteiger partial charge on any atom is 0.259 e. The number of nitrogens with one attached hydrogen (secondary N) is 3. The monoisotopic (exact) mass is 768 g/mol. The number of hydrogen-bond donors (Lipinski definition) is 5. The molecule has 7 rings (SSSR count). The standard InChI is InChI=1S/C45H48N6O6/c1-44(56,32-11-5-3-6-12-32)42(54)50-25-9-15-36(50)27-38(52)48-34-21-17-30(18-22-34)40-41(47-29-46-40)31-19-23-35(24-20-31)49-39(53)28-37-16-10-26-51(37)43(55)45(2,57)33-13-7-4-8-14-33/h3-8,11-14,17-24,29,36-37,56-57H,9-10,15-16,25-28H2,1-2H3,(H,46,47)(H,48,52)(H,49,53)/t36-,37-,44+,45+/m0/s1. The topological polar surface area (TPSA) is 168 Å². The van der Waals surface area contributed by atoms with Crippen LogP contribution in [0.1, 0.15) is 63.5 Å². The van der Waals surface area contributed by atoms with Gasteiger partial charge in [0.1, 0.15) is 0 Å². The third-order valence-corrected chi connectivity index (χ3v) is 11.2. The maximum absolute atomic E-state index is 13.4. The Morgan fingerprint density at radius 1 is 0.649 bits per heavy atom. The summed E-state index contributed by atoms with van der Waals surface area (Å²) in [5.74, 6) is -1.24. The first-order chi connectivity index (χ1) is 27.4. The lowest BCUT2D eigenvalue weighted by molar-refractivity contribution is -0.152. The average Bonchev–Trinajstić information content (AvgIpc) is 4.01. The fraction of sp³-hybridized carbons (Fsp3) is 0.311. The Morgan fingerprint density at radius 3 is 1.51 bits per heavy atom. The third kappa shape index (κ3) is 8.52. The Kier molecular flexibility index (Phi) is 11.4. The fourth-order valence-corrected chi connectivity index (χ4v) is 7.98. The normalized spacial score (nSPS) is 18.7. The highest BCUT2D eigenvalue weighted by atomic mass is 16.3. The van der Waals surface area contributed by atoms with Gasteiger partial charge in [-0.2, -0.15) is 0 Å². The van der Waals surface area contributed by atoms with Gasteiger partial charge >= 0.3 is 0 Å². The molecule has 0 radical (unpaired) electrons. The number of nitrogens with zero attached hydrogens (tertiary/aromatic N) is 3. The van der Waals surface area contributed by atoms with Crippen molar-refractivity contribution >= 4 is 35.0 Å². The third-order valence-electron chi connectivity index (χ3n) is 11.2. The molecule has 0 bridgehead atoms. The fourth-order valence-electron chi connectivity index (χ4n) is 7.98. The van der Waals surface area contributed by atoms with E-state index in [1.54, 1.807) is 64.7 Å². The number of likely N-dealkylation sites (tertiary alicyclic amines) is 2. The van der Waals surface area contributed by atoms with Crippen molar-refractivity contribution in [2.45, 2.75) is 75.7 Å². The molecule has 4 atom stereocenters. The van der Waals surface area contributed by atoms with Gasteiger partial charge in [0, 0.05) is 60.5 Å². The number of aliphatic hydroxyl groups is 2. The zero-order valence-corrected chi connectivity index (χ0v) is 32.2. The summed E-state index contributed by atoms with van der Waals surface area (Å²) in [7, 11) is 0. The first-order valence-corrected chi connectivity index (χ1v) is 19.4. The number of benzene rings is 4. The van der Waals surface area contributed by atoms with E-state index in [0.29, 0.717) is 54.1 Å². The van der Waals surface area contributed by atoms with Crippen molar-refractivity contribution in [1.82, 2.24) is 19.8 Å². The number of imidazole rings is 1. The van der Waals surface area contributed by atoms with E-state index < -0.39 is 23.0 Å². The molecule has 4 aromatic carbocycles. The van der Waals surface area contributed by atoms with E-state index in [9.17, 15) is 29.4 Å². The zero-order chi connectivity index (χ0) is 40.2. The summed E-state index contributed by atoms with van der Waals surface area (Å²) >= 11 is 0. The summed E-state index contributed by atoms with van der Waals surface area (Å²) in [6.07, 6.45) is 4.74. The molecule has 2 saturated heterocycles. The number of aromatic nitrogens is 2. The SMILES string of the molecule is C[C@](O)(C(=O)N1CCC[C@H]1CC(=O)Nc1ccc(-c2nc[nH]c2-c2ccc(NC(=O)C[C@@H]3CCCN3C(=O)[C@](C)(O)c3ccccc3)cc2)cc1)c1ccccc1. The molecule has 0 saturated carbocycles. The second-order valence-electron chi connectivity index (χ2n) is 15.3. The molecule has 0 spiro atoms. The van der Waals surface area contributed by atoms with Gasteiger partial charge in [0.2, 0.25) is 11.8 Å². The quantitative estimate of drug-likeness (QED) is 0.101. The minimum absolute atomic E-state index is 0.120. The lowest BCUT2D eigenvalue weighted by Gasteiger charge is -2.32. The van der Waals surface area contributed by atoms with Crippen LogP contribution in [0.5, 0.6) is 0 Å². The van der Waals surface area contributed by atoms with Gasteiger partial charge in [-0.15, -0.1) is 0 Å². The Labute approximate surface area is 331 Å². The number of carbonyl (C=O) groups is 4. The maximum atomic E-state index is 13.4. The average molecular weight is 769 g/mol. The van der Waals surface area contributed by atoms with Crippen molar-refractivity contribution in [2.75, 3.05) is 23.7 Å². The van der Waals surface area contributed by atoms with Crippen LogP contribution >= 0.6 is 0 Å². The Balaban J connectivity index is 0.932. The molecule has 57 heavy (non-hydrogen) atoms. The first-order valence-electron chi connectivity index (χ1n) is 19.4. The van der Waals surface area contributed by atoms with Crippen molar-refractivity contribution < 1.29 is 29.4 Å². The molecule has 0 unspecified atom stereocenters. The summed E-state index contributed by atoms with van der Waals surface area (Å²) in [6, 6.07) is 31.9. The van der Waals surface area contributed by atoms with E-state index in [4.69, 9.17) is 0 Å². The van der Waals surface area contributed by atoms with Crippen LogP contribution in [0.4, 0.5) is 11.4 Å². The van der Waals surface area contributed by atoms with Crippen LogP contribution in [-0.4, -0.2) is 78.8 Å². The van der Waals surface area contributed by atoms with Crippen LogP contribution in [0.15, 0.2) is 116 Å². The first kappa shape index (κ1) is 39.1. The van der Waals surface area contributed by atoms with Gasteiger partial charge in [0.15, 0.2) is 11.2 Å².